The molecule has 0 heterocycles. The van der Waals surface area contributed by atoms with Crippen molar-refractivity contribution < 1.29 is 24.9 Å². The lowest BCUT2D eigenvalue weighted by Crippen LogP contribution is -2.67. The lowest BCUT2D eigenvalue weighted by atomic mass is 9.42. The largest absolute Gasteiger partial charge is 0.393 e. The summed E-state index contributed by atoms with van der Waals surface area (Å²) in [5.41, 5.74) is -1.75. The molecule has 0 aromatic heterocycles. The number of Topliss-reactive ketones (excluding diaryl/α,β-unsaturated/α-hetero) is 2. The molecule has 5 nitrogen and oxygen atoms in total. The number of rotatable bonds is 1. The second-order valence-electron chi connectivity index (χ2n) is 9.68. The number of aliphatic hydroxyl groups is 3. The summed E-state index contributed by atoms with van der Waals surface area (Å²) >= 11 is 0. The molecule has 5 heteroatoms. The van der Waals surface area contributed by atoms with E-state index in [0.29, 0.717) is 18.4 Å². The van der Waals surface area contributed by atoms with Crippen LogP contribution in [0.4, 0.5) is 0 Å². The first-order valence-electron chi connectivity index (χ1n) is 9.89. The maximum atomic E-state index is 13.0. The minimum absolute atomic E-state index is 0.00172. The second-order valence-corrected chi connectivity index (χ2v) is 9.68. The van der Waals surface area contributed by atoms with Gasteiger partial charge in [0, 0.05) is 29.6 Å². The Morgan fingerprint density at radius 1 is 1.19 bits per heavy atom. The first kappa shape index (κ1) is 18.3. The fourth-order valence-corrected chi connectivity index (χ4v) is 7.20. The van der Waals surface area contributed by atoms with Gasteiger partial charge in [-0.2, -0.15) is 0 Å². The Kier molecular flexibility index (Phi) is 3.87. The van der Waals surface area contributed by atoms with E-state index in [1.165, 1.54) is 0 Å². The highest BCUT2D eigenvalue weighted by Gasteiger charge is 2.68. The Labute approximate surface area is 154 Å². The Morgan fingerprint density at radius 3 is 2.54 bits per heavy atom. The molecule has 4 rings (SSSR count). The van der Waals surface area contributed by atoms with Gasteiger partial charge in [-0.1, -0.05) is 13.8 Å². The second kappa shape index (κ2) is 5.49. The number of fused-ring (bicyclic) bond motifs is 5. The third kappa shape index (κ3) is 2.08. The van der Waals surface area contributed by atoms with Crippen molar-refractivity contribution in [2.75, 3.05) is 0 Å². The van der Waals surface area contributed by atoms with Crippen LogP contribution in [0, 0.1) is 28.6 Å². The van der Waals surface area contributed by atoms with E-state index in [-0.39, 0.29) is 42.2 Å². The van der Waals surface area contributed by atoms with Gasteiger partial charge in [0.15, 0.2) is 11.6 Å². The number of carbonyl (C=O) groups is 2. The molecule has 3 fully saturated rings. The fourth-order valence-electron chi connectivity index (χ4n) is 7.20. The van der Waals surface area contributed by atoms with Crippen LogP contribution in [-0.2, 0) is 9.59 Å². The van der Waals surface area contributed by atoms with Crippen molar-refractivity contribution >= 4 is 11.6 Å². The zero-order valence-corrected chi connectivity index (χ0v) is 15.9. The van der Waals surface area contributed by atoms with Gasteiger partial charge in [-0.3, -0.25) is 9.59 Å². The van der Waals surface area contributed by atoms with Crippen molar-refractivity contribution in [1.82, 2.24) is 0 Å². The number of allylic oxidation sites excluding steroid dienone is 1. The highest BCUT2D eigenvalue weighted by Crippen LogP contribution is 2.66. The summed E-state index contributed by atoms with van der Waals surface area (Å²) in [4.78, 5) is 25.2. The number of aliphatic hydroxyl groups excluding tert-OH is 2. The first-order valence-corrected chi connectivity index (χ1v) is 9.89. The van der Waals surface area contributed by atoms with Crippen LogP contribution in [0.5, 0.6) is 0 Å². The molecule has 0 aromatic carbocycles. The maximum absolute atomic E-state index is 13.0. The molecule has 0 amide bonds. The minimum atomic E-state index is -1.47. The van der Waals surface area contributed by atoms with Crippen LogP contribution in [0.25, 0.3) is 0 Å². The molecule has 144 valence electrons. The van der Waals surface area contributed by atoms with E-state index < -0.39 is 28.6 Å². The van der Waals surface area contributed by atoms with Crippen molar-refractivity contribution in [3.05, 3.63) is 11.6 Å². The molecule has 8 atom stereocenters. The Balaban J connectivity index is 1.75. The van der Waals surface area contributed by atoms with E-state index in [4.69, 9.17) is 0 Å². The molecule has 0 bridgehead atoms. The van der Waals surface area contributed by atoms with Gasteiger partial charge < -0.3 is 15.3 Å². The molecule has 0 radical (unpaired) electrons. The van der Waals surface area contributed by atoms with E-state index in [2.05, 4.69) is 6.92 Å². The molecule has 4 aliphatic rings. The Morgan fingerprint density at radius 2 is 1.88 bits per heavy atom. The third-order valence-corrected chi connectivity index (χ3v) is 8.56. The van der Waals surface area contributed by atoms with E-state index in [1.807, 2.05) is 6.92 Å². The molecular formula is C21H30O5. The summed E-state index contributed by atoms with van der Waals surface area (Å²) < 4.78 is 0. The Hall–Kier alpha value is -1.04. The molecule has 4 aliphatic carbocycles. The third-order valence-electron chi connectivity index (χ3n) is 8.56. The monoisotopic (exact) mass is 362 g/mol. The van der Waals surface area contributed by atoms with Gasteiger partial charge in [-0.15, -0.1) is 0 Å². The normalized spacial score (nSPS) is 53.4. The average molecular weight is 362 g/mol. The van der Waals surface area contributed by atoms with Gasteiger partial charge in [0.05, 0.1) is 12.2 Å². The zero-order valence-electron chi connectivity index (χ0n) is 15.9. The molecular weight excluding hydrogens is 332 g/mol. The fraction of sp³-hybridized carbons (Fsp3) is 0.810. The van der Waals surface area contributed by atoms with Crippen LogP contribution in [0.1, 0.15) is 59.3 Å². The predicted molar refractivity (Wildman–Crippen MR) is 95.1 cm³/mol. The van der Waals surface area contributed by atoms with Gasteiger partial charge in [0.2, 0.25) is 0 Å². The molecule has 0 aromatic rings. The van der Waals surface area contributed by atoms with E-state index in [1.54, 1.807) is 13.0 Å². The lowest BCUT2D eigenvalue weighted by Gasteiger charge is -2.62. The van der Waals surface area contributed by atoms with Crippen molar-refractivity contribution in [2.24, 2.45) is 28.6 Å². The molecule has 0 saturated heterocycles. The van der Waals surface area contributed by atoms with Crippen LogP contribution >= 0.6 is 0 Å². The summed E-state index contributed by atoms with van der Waals surface area (Å²) in [7, 11) is 0. The molecule has 0 unspecified atom stereocenters. The van der Waals surface area contributed by atoms with E-state index >= 15 is 0 Å². The first-order chi connectivity index (χ1) is 12.0. The van der Waals surface area contributed by atoms with Gasteiger partial charge >= 0.3 is 0 Å². The number of ketones is 2. The molecule has 26 heavy (non-hydrogen) atoms. The van der Waals surface area contributed by atoms with Crippen molar-refractivity contribution in [1.29, 1.82) is 0 Å². The van der Waals surface area contributed by atoms with Crippen molar-refractivity contribution in [3.8, 4) is 0 Å². The zero-order chi connectivity index (χ0) is 19.1. The topological polar surface area (TPSA) is 94.8 Å². The van der Waals surface area contributed by atoms with Gasteiger partial charge in [-0.05, 0) is 56.1 Å². The SMILES string of the molecule is CC(=O)C1=C[C@@H](O)[C@H]2[C@@H]3CC(=O)[C@@]4(O)C[C@@H](O)CC[C@]4(C)[C@H]3CC[C@]12C. The van der Waals surface area contributed by atoms with Gasteiger partial charge in [0.1, 0.15) is 5.60 Å². The van der Waals surface area contributed by atoms with Crippen LogP contribution < -0.4 is 0 Å². The molecule has 3 N–H and O–H groups in total. The van der Waals surface area contributed by atoms with Crippen molar-refractivity contribution in [2.45, 2.75) is 77.1 Å². The van der Waals surface area contributed by atoms with Crippen molar-refractivity contribution in [3.63, 3.8) is 0 Å². The number of hydrogen-bond acceptors (Lipinski definition) is 5. The maximum Gasteiger partial charge on any atom is 0.165 e. The summed E-state index contributed by atoms with van der Waals surface area (Å²) in [6, 6.07) is 0. The van der Waals surface area contributed by atoms with Crippen LogP contribution in [0.3, 0.4) is 0 Å². The minimum Gasteiger partial charge on any atom is -0.393 e. The average Bonchev–Trinajstić information content (AvgIpc) is 2.82. The molecule has 0 spiro atoms. The van der Waals surface area contributed by atoms with Crippen LogP contribution in [-0.4, -0.2) is 44.7 Å². The van der Waals surface area contributed by atoms with E-state index in [9.17, 15) is 24.9 Å². The smallest absolute Gasteiger partial charge is 0.165 e. The summed E-state index contributed by atoms with van der Waals surface area (Å²) in [6.07, 6.45) is 3.51. The predicted octanol–water partition coefficient (Wildman–Crippen LogP) is 1.78. The lowest BCUT2D eigenvalue weighted by molar-refractivity contribution is -0.214. The molecule has 0 aliphatic heterocycles. The number of hydrogen-bond donors (Lipinski definition) is 3. The summed E-state index contributed by atoms with van der Waals surface area (Å²) in [6.45, 7) is 5.60. The highest BCUT2D eigenvalue weighted by molar-refractivity contribution is 5.95. The van der Waals surface area contributed by atoms with Gasteiger partial charge in [0.25, 0.3) is 0 Å². The molecule has 3 saturated carbocycles. The standard InChI is InChI=1S/C21H30O5/c1-11(22)15-9-16(24)18-13-8-17(25)21(26)10-12(23)4-7-20(21,3)14(13)5-6-19(15,18)2/h9,12-14,16,18,23-24,26H,4-8,10H2,1-3H3/t12-,13+,14-,16+,18+,19+,20+,21-/m0/s1. The van der Waals surface area contributed by atoms with Gasteiger partial charge in [-0.25, -0.2) is 0 Å². The van der Waals surface area contributed by atoms with E-state index in [0.717, 1.165) is 12.8 Å². The van der Waals surface area contributed by atoms with Crippen LogP contribution in [0.15, 0.2) is 11.6 Å². The summed E-state index contributed by atoms with van der Waals surface area (Å²) in [5, 5.41) is 32.2. The number of carbonyl (C=O) groups excluding carboxylic acids is 2. The highest BCUT2D eigenvalue weighted by atomic mass is 16.3. The quantitative estimate of drug-likeness (QED) is 0.661. The van der Waals surface area contributed by atoms with Crippen LogP contribution in [0.2, 0.25) is 0 Å². The Bertz CT molecular complexity index is 699. The summed E-state index contributed by atoms with van der Waals surface area (Å²) in [5.74, 6) is -0.279.